The Morgan fingerprint density at radius 3 is 2.80 bits per heavy atom. The minimum Gasteiger partial charge on any atom is -0.379 e. The molecular formula is C14H17ClN4O. The van der Waals surface area contributed by atoms with Gasteiger partial charge >= 0.3 is 0 Å². The Hall–Kier alpha value is -2.01. The highest BCUT2D eigenvalue weighted by Gasteiger charge is 2.14. The molecule has 0 fully saturated rings. The molecule has 106 valence electrons. The lowest BCUT2D eigenvalue weighted by molar-refractivity contribution is 0.0828. The Kier molecular flexibility index (Phi) is 4.29. The zero-order chi connectivity index (χ0) is 14.7. The highest BCUT2D eigenvalue weighted by molar-refractivity contribution is 6.31. The number of H-pyrrole nitrogens is 1. The predicted molar refractivity (Wildman–Crippen MR) is 80.1 cm³/mol. The number of aromatic nitrogens is 2. The second-order valence-corrected chi connectivity index (χ2v) is 5.15. The van der Waals surface area contributed by atoms with Gasteiger partial charge in [-0.05, 0) is 25.1 Å². The van der Waals surface area contributed by atoms with E-state index in [4.69, 9.17) is 11.6 Å². The van der Waals surface area contributed by atoms with Gasteiger partial charge in [-0.2, -0.15) is 0 Å². The number of anilines is 1. The lowest BCUT2D eigenvalue weighted by atomic mass is 10.1. The smallest absolute Gasteiger partial charge is 0.255 e. The summed E-state index contributed by atoms with van der Waals surface area (Å²) in [6.07, 6.45) is 1.65. The summed E-state index contributed by atoms with van der Waals surface area (Å²) >= 11 is 6.01. The van der Waals surface area contributed by atoms with E-state index in [0.717, 1.165) is 11.4 Å². The van der Waals surface area contributed by atoms with E-state index in [-0.39, 0.29) is 5.91 Å². The van der Waals surface area contributed by atoms with E-state index in [9.17, 15) is 4.79 Å². The van der Waals surface area contributed by atoms with Crippen molar-refractivity contribution >= 4 is 23.2 Å². The van der Waals surface area contributed by atoms with Crippen molar-refractivity contribution in [2.75, 3.05) is 19.4 Å². The number of hydrogen-bond donors (Lipinski definition) is 2. The SMILES string of the molecule is Cc1[nH]cnc1CNc1cc(Cl)ccc1C(=O)N(C)C. The molecule has 20 heavy (non-hydrogen) atoms. The first-order chi connectivity index (χ1) is 9.49. The van der Waals surface area contributed by atoms with Gasteiger partial charge in [-0.25, -0.2) is 4.98 Å². The predicted octanol–water partition coefficient (Wildman–Crippen LogP) is 2.69. The summed E-state index contributed by atoms with van der Waals surface area (Å²) in [6, 6.07) is 5.19. The number of carbonyl (C=O) groups is 1. The quantitative estimate of drug-likeness (QED) is 0.911. The average Bonchev–Trinajstić information content (AvgIpc) is 2.81. The van der Waals surface area contributed by atoms with Gasteiger partial charge < -0.3 is 15.2 Å². The van der Waals surface area contributed by atoms with Gasteiger partial charge in [0.15, 0.2) is 0 Å². The maximum absolute atomic E-state index is 12.1. The van der Waals surface area contributed by atoms with Crippen molar-refractivity contribution in [2.24, 2.45) is 0 Å². The largest absolute Gasteiger partial charge is 0.379 e. The van der Waals surface area contributed by atoms with Crippen LogP contribution in [-0.4, -0.2) is 34.9 Å². The molecule has 0 aliphatic rings. The van der Waals surface area contributed by atoms with Crippen LogP contribution in [0.15, 0.2) is 24.5 Å². The van der Waals surface area contributed by atoms with Crippen LogP contribution < -0.4 is 5.32 Å². The van der Waals surface area contributed by atoms with E-state index in [1.165, 1.54) is 4.90 Å². The zero-order valence-electron chi connectivity index (χ0n) is 11.7. The first-order valence-electron chi connectivity index (χ1n) is 6.23. The molecule has 0 bridgehead atoms. The van der Waals surface area contributed by atoms with Crippen molar-refractivity contribution in [3.8, 4) is 0 Å². The topological polar surface area (TPSA) is 61.0 Å². The summed E-state index contributed by atoms with van der Waals surface area (Å²) in [5.41, 5.74) is 3.21. The number of carbonyl (C=O) groups excluding carboxylic acids is 1. The molecule has 0 unspecified atom stereocenters. The molecule has 1 aromatic carbocycles. The Morgan fingerprint density at radius 1 is 1.45 bits per heavy atom. The summed E-state index contributed by atoms with van der Waals surface area (Å²) in [5, 5.41) is 3.80. The van der Waals surface area contributed by atoms with E-state index in [0.29, 0.717) is 22.8 Å². The Morgan fingerprint density at radius 2 is 2.20 bits per heavy atom. The molecule has 2 aromatic rings. The number of benzene rings is 1. The number of amides is 1. The number of aryl methyl sites for hydroxylation is 1. The van der Waals surface area contributed by atoms with E-state index in [1.54, 1.807) is 38.6 Å². The number of nitrogens with zero attached hydrogens (tertiary/aromatic N) is 2. The van der Waals surface area contributed by atoms with Gasteiger partial charge in [0.05, 0.1) is 24.1 Å². The van der Waals surface area contributed by atoms with Crippen LogP contribution in [0.5, 0.6) is 0 Å². The van der Waals surface area contributed by atoms with Crippen LogP contribution in [0.25, 0.3) is 0 Å². The summed E-state index contributed by atoms with van der Waals surface area (Å²) in [5.74, 6) is -0.0667. The van der Waals surface area contributed by atoms with Crippen LogP contribution >= 0.6 is 11.6 Å². The van der Waals surface area contributed by atoms with Crippen LogP contribution in [0.1, 0.15) is 21.7 Å². The minimum absolute atomic E-state index is 0.0667. The molecule has 1 aromatic heterocycles. The van der Waals surface area contributed by atoms with Crippen molar-refractivity contribution in [1.29, 1.82) is 0 Å². The summed E-state index contributed by atoms with van der Waals surface area (Å²) in [7, 11) is 3.44. The summed E-state index contributed by atoms with van der Waals surface area (Å²) < 4.78 is 0. The molecule has 0 spiro atoms. The lowest BCUT2D eigenvalue weighted by Crippen LogP contribution is -2.23. The van der Waals surface area contributed by atoms with Gasteiger partial charge in [0.2, 0.25) is 0 Å². The molecule has 0 aliphatic carbocycles. The van der Waals surface area contributed by atoms with Gasteiger partial charge in [-0.3, -0.25) is 4.79 Å². The fourth-order valence-corrected chi connectivity index (χ4v) is 2.01. The highest BCUT2D eigenvalue weighted by atomic mass is 35.5. The molecule has 1 heterocycles. The molecular weight excluding hydrogens is 276 g/mol. The van der Waals surface area contributed by atoms with Crippen molar-refractivity contribution in [1.82, 2.24) is 14.9 Å². The van der Waals surface area contributed by atoms with Crippen LogP contribution in [0, 0.1) is 6.92 Å². The number of rotatable bonds is 4. The van der Waals surface area contributed by atoms with E-state index in [2.05, 4.69) is 15.3 Å². The van der Waals surface area contributed by atoms with Gasteiger partial charge in [-0.1, -0.05) is 11.6 Å². The Balaban J connectivity index is 2.24. The molecule has 0 atom stereocenters. The standard InChI is InChI=1S/C14H17ClN4O/c1-9-13(18-8-17-9)7-16-12-6-10(15)4-5-11(12)14(20)19(2)3/h4-6,8,16H,7H2,1-3H3,(H,17,18). The fraction of sp³-hybridized carbons (Fsp3) is 0.286. The van der Waals surface area contributed by atoms with E-state index in [1.807, 2.05) is 6.92 Å². The zero-order valence-corrected chi connectivity index (χ0v) is 12.5. The van der Waals surface area contributed by atoms with Gasteiger partial charge in [0.1, 0.15) is 0 Å². The van der Waals surface area contributed by atoms with Crippen molar-refractivity contribution in [3.05, 3.63) is 46.5 Å². The van der Waals surface area contributed by atoms with Crippen molar-refractivity contribution in [2.45, 2.75) is 13.5 Å². The van der Waals surface area contributed by atoms with Crippen LogP contribution in [0.3, 0.4) is 0 Å². The van der Waals surface area contributed by atoms with Crippen LogP contribution in [0.2, 0.25) is 5.02 Å². The van der Waals surface area contributed by atoms with E-state index >= 15 is 0 Å². The summed E-state index contributed by atoms with van der Waals surface area (Å²) in [6.45, 7) is 2.48. The fourth-order valence-electron chi connectivity index (χ4n) is 1.83. The maximum atomic E-state index is 12.1. The molecule has 0 aliphatic heterocycles. The second kappa shape index (κ2) is 5.96. The monoisotopic (exact) mass is 292 g/mol. The second-order valence-electron chi connectivity index (χ2n) is 4.72. The number of halogens is 1. The van der Waals surface area contributed by atoms with Crippen LogP contribution in [-0.2, 0) is 6.54 Å². The Labute approximate surface area is 123 Å². The molecule has 0 saturated carbocycles. The van der Waals surface area contributed by atoms with E-state index < -0.39 is 0 Å². The third-order valence-corrected chi connectivity index (χ3v) is 3.23. The first kappa shape index (κ1) is 14.4. The molecule has 0 saturated heterocycles. The summed E-state index contributed by atoms with van der Waals surface area (Å²) in [4.78, 5) is 20.9. The number of hydrogen-bond acceptors (Lipinski definition) is 3. The maximum Gasteiger partial charge on any atom is 0.255 e. The number of imidazole rings is 1. The third kappa shape index (κ3) is 3.11. The molecule has 1 amide bonds. The molecule has 5 nitrogen and oxygen atoms in total. The molecule has 2 N–H and O–H groups in total. The minimum atomic E-state index is -0.0667. The Bertz CT molecular complexity index is 621. The molecule has 2 rings (SSSR count). The normalized spacial score (nSPS) is 10.4. The average molecular weight is 293 g/mol. The highest BCUT2D eigenvalue weighted by Crippen LogP contribution is 2.23. The molecule has 6 heteroatoms. The number of aromatic amines is 1. The number of nitrogens with one attached hydrogen (secondary N) is 2. The van der Waals surface area contributed by atoms with Crippen molar-refractivity contribution < 1.29 is 4.79 Å². The van der Waals surface area contributed by atoms with Gasteiger partial charge in [0, 0.05) is 30.5 Å². The first-order valence-corrected chi connectivity index (χ1v) is 6.60. The third-order valence-electron chi connectivity index (χ3n) is 3.00. The van der Waals surface area contributed by atoms with Crippen LogP contribution in [0.4, 0.5) is 5.69 Å². The molecule has 0 radical (unpaired) electrons. The van der Waals surface area contributed by atoms with Crippen molar-refractivity contribution in [3.63, 3.8) is 0 Å². The van der Waals surface area contributed by atoms with Gasteiger partial charge in [-0.15, -0.1) is 0 Å². The lowest BCUT2D eigenvalue weighted by Gasteiger charge is -2.15. The van der Waals surface area contributed by atoms with Gasteiger partial charge in [0.25, 0.3) is 5.91 Å².